The first-order valence-corrected chi connectivity index (χ1v) is 12.0. The average Bonchev–Trinajstić information content (AvgIpc) is 3.58. The Morgan fingerprint density at radius 2 is 1.86 bits per heavy atom. The van der Waals surface area contributed by atoms with E-state index in [-0.39, 0.29) is 31.2 Å². The number of hydrogen-bond acceptors (Lipinski definition) is 7. The van der Waals surface area contributed by atoms with Crippen LogP contribution in [-0.2, 0) is 15.1 Å². The zero-order valence-corrected chi connectivity index (χ0v) is 19.8. The first kappa shape index (κ1) is 22.4. The van der Waals surface area contributed by atoms with E-state index in [1.54, 1.807) is 31.2 Å². The molecule has 2 aromatic carbocycles. The van der Waals surface area contributed by atoms with Crippen LogP contribution < -0.4 is 20.1 Å². The van der Waals surface area contributed by atoms with Crippen molar-refractivity contribution in [1.82, 2.24) is 15.1 Å². The van der Waals surface area contributed by atoms with Gasteiger partial charge in [0.1, 0.15) is 11.3 Å². The number of furan rings is 1. The molecule has 10 nitrogen and oxygen atoms in total. The van der Waals surface area contributed by atoms with Crippen molar-refractivity contribution in [2.45, 2.75) is 25.3 Å². The molecule has 0 radical (unpaired) electrons. The first-order valence-electron chi connectivity index (χ1n) is 12.0. The van der Waals surface area contributed by atoms with E-state index in [4.69, 9.17) is 13.9 Å². The molecule has 2 saturated heterocycles. The molecule has 1 aromatic heterocycles. The number of hydrogen-bond donors (Lipinski definition) is 2. The number of amides is 4. The normalized spacial score (nSPS) is 22.3. The fraction of sp³-hybridized carbons (Fsp3) is 0.346. The predicted octanol–water partition coefficient (Wildman–Crippen LogP) is 3.24. The van der Waals surface area contributed by atoms with Crippen molar-refractivity contribution in [3.8, 4) is 11.5 Å². The first-order chi connectivity index (χ1) is 17.4. The van der Waals surface area contributed by atoms with Gasteiger partial charge < -0.3 is 24.5 Å². The highest BCUT2D eigenvalue weighted by Crippen LogP contribution is 2.35. The molecule has 0 bridgehead atoms. The lowest BCUT2D eigenvalue weighted by Gasteiger charge is -2.33. The van der Waals surface area contributed by atoms with Gasteiger partial charge in [-0.15, -0.1) is 0 Å². The number of para-hydroxylation sites is 1. The van der Waals surface area contributed by atoms with Crippen molar-refractivity contribution >= 4 is 34.5 Å². The molecular formula is C26H26N4O6. The molecule has 2 N–H and O–H groups in total. The molecule has 3 aliphatic rings. The second-order valence-corrected chi connectivity index (χ2v) is 9.53. The summed E-state index contributed by atoms with van der Waals surface area (Å²) < 4.78 is 16.6. The van der Waals surface area contributed by atoms with Crippen LogP contribution in [0.1, 0.15) is 25.5 Å². The fourth-order valence-corrected chi connectivity index (χ4v) is 4.98. The molecule has 0 aliphatic carbocycles. The van der Waals surface area contributed by atoms with E-state index in [9.17, 15) is 14.4 Å². The topological polar surface area (TPSA) is 113 Å². The van der Waals surface area contributed by atoms with Gasteiger partial charge in [0.25, 0.3) is 5.91 Å². The molecule has 0 spiro atoms. The summed E-state index contributed by atoms with van der Waals surface area (Å²) >= 11 is 0. The average molecular weight is 491 g/mol. The summed E-state index contributed by atoms with van der Waals surface area (Å²) in [5, 5.41) is 6.62. The molecule has 6 rings (SSSR count). The molecule has 1 atom stereocenters. The summed E-state index contributed by atoms with van der Waals surface area (Å²) in [5.74, 6) is 1.12. The van der Waals surface area contributed by atoms with Crippen molar-refractivity contribution in [3.63, 3.8) is 0 Å². The number of anilines is 1. The van der Waals surface area contributed by atoms with Gasteiger partial charge in [-0.05, 0) is 44.0 Å². The summed E-state index contributed by atoms with van der Waals surface area (Å²) in [7, 11) is 0. The zero-order valence-electron chi connectivity index (χ0n) is 19.8. The van der Waals surface area contributed by atoms with Crippen LogP contribution in [0, 0.1) is 5.92 Å². The molecule has 1 unspecified atom stereocenters. The molecule has 4 amide bonds. The molecule has 186 valence electrons. The highest BCUT2D eigenvalue weighted by atomic mass is 16.7. The molecule has 0 saturated carbocycles. The summed E-state index contributed by atoms with van der Waals surface area (Å²) in [6.07, 6.45) is 1.25. The lowest BCUT2D eigenvalue weighted by molar-refractivity contribution is -0.133. The second kappa shape index (κ2) is 8.56. The van der Waals surface area contributed by atoms with Gasteiger partial charge in [-0.2, -0.15) is 0 Å². The minimum atomic E-state index is -1.26. The van der Waals surface area contributed by atoms with Crippen LogP contribution in [0.5, 0.6) is 11.5 Å². The third kappa shape index (κ3) is 3.83. The monoisotopic (exact) mass is 490 g/mol. The lowest BCUT2D eigenvalue weighted by Crippen LogP contribution is -2.47. The summed E-state index contributed by atoms with van der Waals surface area (Å²) in [6.45, 7) is 3.20. The van der Waals surface area contributed by atoms with Crippen molar-refractivity contribution in [2.24, 2.45) is 5.92 Å². The second-order valence-electron chi connectivity index (χ2n) is 9.53. The SMILES string of the molecule is CC1(c2cc3ccccc3o2)NC(=O)N(CN2CCC(C(=O)Nc3ccc4c(c3)OCO4)CC2)C1=O. The highest BCUT2D eigenvalue weighted by molar-refractivity contribution is 6.07. The van der Waals surface area contributed by atoms with Crippen LogP contribution in [-0.4, -0.2) is 54.2 Å². The van der Waals surface area contributed by atoms with E-state index in [0.29, 0.717) is 54.5 Å². The van der Waals surface area contributed by atoms with Crippen molar-refractivity contribution in [3.05, 3.63) is 54.3 Å². The number of benzene rings is 2. The Labute approximate surface area is 207 Å². The van der Waals surface area contributed by atoms with E-state index in [1.807, 2.05) is 29.2 Å². The number of nitrogens with zero attached hydrogens (tertiary/aromatic N) is 2. The summed E-state index contributed by atoms with van der Waals surface area (Å²) in [4.78, 5) is 42.1. The quantitative estimate of drug-likeness (QED) is 0.528. The Morgan fingerprint density at radius 1 is 1.08 bits per heavy atom. The van der Waals surface area contributed by atoms with Gasteiger partial charge in [0.05, 0.1) is 6.67 Å². The Hall–Kier alpha value is -4.05. The van der Waals surface area contributed by atoms with Gasteiger partial charge >= 0.3 is 6.03 Å². The molecule has 4 heterocycles. The van der Waals surface area contributed by atoms with Gasteiger partial charge in [0, 0.05) is 36.1 Å². The molecule has 3 aromatic rings. The number of fused-ring (bicyclic) bond motifs is 2. The van der Waals surface area contributed by atoms with Crippen LogP contribution in [0.3, 0.4) is 0 Å². The zero-order chi connectivity index (χ0) is 24.9. The maximum Gasteiger partial charge on any atom is 0.326 e. The molecule has 10 heteroatoms. The lowest BCUT2D eigenvalue weighted by atomic mass is 9.96. The Balaban J connectivity index is 1.06. The van der Waals surface area contributed by atoms with Gasteiger partial charge in [-0.25, -0.2) is 9.69 Å². The third-order valence-corrected chi connectivity index (χ3v) is 7.13. The van der Waals surface area contributed by atoms with Crippen molar-refractivity contribution in [1.29, 1.82) is 0 Å². The number of ether oxygens (including phenoxy) is 2. The Kier molecular flexibility index (Phi) is 5.33. The molecule has 3 aliphatic heterocycles. The van der Waals surface area contributed by atoms with Gasteiger partial charge in [-0.3, -0.25) is 14.5 Å². The largest absolute Gasteiger partial charge is 0.458 e. The van der Waals surface area contributed by atoms with Crippen LogP contribution in [0.25, 0.3) is 11.0 Å². The molecule has 2 fully saturated rings. The highest BCUT2D eigenvalue weighted by Gasteiger charge is 2.51. The van der Waals surface area contributed by atoms with Gasteiger partial charge in [0.2, 0.25) is 12.7 Å². The third-order valence-electron chi connectivity index (χ3n) is 7.13. The van der Waals surface area contributed by atoms with Crippen LogP contribution in [0.15, 0.2) is 52.9 Å². The standard InChI is InChI=1S/C26H26N4O6/c1-26(22-12-17-4-2-3-5-19(17)36-22)24(32)30(25(33)28-26)14-29-10-8-16(9-11-29)23(31)27-18-6-7-20-21(13-18)35-15-34-20/h2-7,12-13,16H,8-11,14-15H2,1H3,(H,27,31)(H,28,33). The van der Waals surface area contributed by atoms with Gasteiger partial charge in [0.15, 0.2) is 17.0 Å². The Bertz CT molecular complexity index is 1330. The minimum absolute atomic E-state index is 0.0547. The maximum absolute atomic E-state index is 13.3. The molecular weight excluding hydrogens is 464 g/mol. The van der Waals surface area contributed by atoms with E-state index in [2.05, 4.69) is 10.6 Å². The molecule has 36 heavy (non-hydrogen) atoms. The Morgan fingerprint density at radius 3 is 2.67 bits per heavy atom. The van der Waals surface area contributed by atoms with Crippen molar-refractivity contribution in [2.75, 3.05) is 31.9 Å². The van der Waals surface area contributed by atoms with Gasteiger partial charge in [-0.1, -0.05) is 18.2 Å². The predicted molar refractivity (Wildman–Crippen MR) is 129 cm³/mol. The van der Waals surface area contributed by atoms with E-state index >= 15 is 0 Å². The number of carbonyl (C=O) groups is 3. The number of piperidine rings is 1. The number of imide groups is 1. The number of likely N-dealkylation sites (tertiary alicyclic amines) is 1. The maximum atomic E-state index is 13.3. The van der Waals surface area contributed by atoms with Crippen LogP contribution in [0.2, 0.25) is 0 Å². The van der Waals surface area contributed by atoms with E-state index in [0.717, 1.165) is 5.39 Å². The number of carbonyl (C=O) groups excluding carboxylic acids is 3. The van der Waals surface area contributed by atoms with Crippen molar-refractivity contribution < 1.29 is 28.3 Å². The van der Waals surface area contributed by atoms with E-state index < -0.39 is 11.6 Å². The summed E-state index contributed by atoms with van der Waals surface area (Å²) in [6, 6.07) is 14.1. The van der Waals surface area contributed by atoms with Crippen LogP contribution >= 0.6 is 0 Å². The summed E-state index contributed by atoms with van der Waals surface area (Å²) in [5.41, 5.74) is 0.0602. The fourth-order valence-electron chi connectivity index (χ4n) is 4.98. The van der Waals surface area contributed by atoms with Crippen LogP contribution in [0.4, 0.5) is 10.5 Å². The number of rotatable bonds is 5. The number of nitrogens with one attached hydrogen (secondary N) is 2. The smallest absolute Gasteiger partial charge is 0.326 e. The minimum Gasteiger partial charge on any atom is -0.458 e. The van der Waals surface area contributed by atoms with E-state index in [1.165, 1.54) is 4.90 Å². The number of urea groups is 1.